The molecular formula is C17H23N3O2. The van der Waals surface area contributed by atoms with E-state index in [0.29, 0.717) is 17.8 Å². The Kier molecular flexibility index (Phi) is 4.85. The van der Waals surface area contributed by atoms with Crippen LogP contribution < -0.4 is 0 Å². The summed E-state index contributed by atoms with van der Waals surface area (Å²) in [5, 5.41) is 4.10. The fraction of sp³-hybridized carbons (Fsp3) is 0.529. The molecule has 2 aromatic rings. The number of aryl methyl sites for hydroxylation is 1. The van der Waals surface area contributed by atoms with E-state index in [9.17, 15) is 0 Å². The molecule has 2 heterocycles. The highest BCUT2D eigenvalue weighted by atomic mass is 16.5. The number of piperidine rings is 1. The van der Waals surface area contributed by atoms with Crippen LogP contribution in [0.2, 0.25) is 0 Å². The number of hydrogen-bond donors (Lipinski definition) is 0. The molecule has 118 valence electrons. The zero-order chi connectivity index (χ0) is 15.4. The van der Waals surface area contributed by atoms with Gasteiger partial charge in [-0.05, 0) is 24.8 Å². The van der Waals surface area contributed by atoms with Crippen molar-refractivity contribution in [2.24, 2.45) is 0 Å². The van der Waals surface area contributed by atoms with E-state index in [1.807, 2.05) is 0 Å². The standard InChI is InChI=1S/C17H23N3O2/c1-3-13-4-6-14(7-5-13)17-18-16(22-19-17)12-20-10-8-15(21-2)9-11-20/h4-7,15H,3,8-12H2,1-2H3. The Balaban J connectivity index is 1.61. The van der Waals surface area contributed by atoms with E-state index in [1.54, 1.807) is 7.11 Å². The van der Waals surface area contributed by atoms with Crippen molar-refractivity contribution < 1.29 is 9.26 Å². The van der Waals surface area contributed by atoms with Crippen molar-refractivity contribution in [2.45, 2.75) is 38.8 Å². The molecule has 0 amide bonds. The number of nitrogens with zero attached hydrogens (tertiary/aromatic N) is 3. The largest absolute Gasteiger partial charge is 0.381 e. The quantitative estimate of drug-likeness (QED) is 0.850. The summed E-state index contributed by atoms with van der Waals surface area (Å²) in [4.78, 5) is 6.86. The number of methoxy groups -OCH3 is 1. The van der Waals surface area contributed by atoms with Crippen molar-refractivity contribution in [1.82, 2.24) is 15.0 Å². The van der Waals surface area contributed by atoms with Gasteiger partial charge < -0.3 is 9.26 Å². The van der Waals surface area contributed by atoms with Gasteiger partial charge in [-0.2, -0.15) is 4.98 Å². The smallest absolute Gasteiger partial charge is 0.241 e. The minimum atomic E-state index is 0.395. The third-order valence-electron chi connectivity index (χ3n) is 4.32. The summed E-state index contributed by atoms with van der Waals surface area (Å²) in [5.41, 5.74) is 2.32. The Morgan fingerprint density at radius 2 is 1.95 bits per heavy atom. The molecule has 0 atom stereocenters. The second kappa shape index (κ2) is 7.03. The van der Waals surface area contributed by atoms with Crippen LogP contribution in [0.15, 0.2) is 28.8 Å². The molecule has 1 saturated heterocycles. The van der Waals surface area contributed by atoms with Crippen LogP contribution in [0.3, 0.4) is 0 Å². The van der Waals surface area contributed by atoms with E-state index in [2.05, 4.69) is 46.2 Å². The lowest BCUT2D eigenvalue weighted by molar-refractivity contribution is 0.0359. The average Bonchev–Trinajstić information content (AvgIpc) is 3.04. The average molecular weight is 301 g/mol. The highest BCUT2D eigenvalue weighted by Crippen LogP contribution is 2.19. The molecule has 3 rings (SSSR count). The molecule has 0 aliphatic carbocycles. The second-order valence-electron chi connectivity index (χ2n) is 5.77. The van der Waals surface area contributed by atoms with E-state index < -0.39 is 0 Å². The summed E-state index contributed by atoms with van der Waals surface area (Å²) < 4.78 is 10.8. The molecule has 0 radical (unpaired) electrons. The van der Waals surface area contributed by atoms with Crippen LogP contribution in [0, 0.1) is 0 Å². The minimum Gasteiger partial charge on any atom is -0.381 e. The van der Waals surface area contributed by atoms with Gasteiger partial charge >= 0.3 is 0 Å². The molecule has 1 aliphatic heterocycles. The van der Waals surface area contributed by atoms with E-state index >= 15 is 0 Å². The van der Waals surface area contributed by atoms with Crippen LogP contribution in [0.5, 0.6) is 0 Å². The van der Waals surface area contributed by atoms with Gasteiger partial charge in [-0.15, -0.1) is 0 Å². The van der Waals surface area contributed by atoms with Gasteiger partial charge in [0, 0.05) is 25.8 Å². The van der Waals surface area contributed by atoms with Gasteiger partial charge in [0.1, 0.15) is 0 Å². The van der Waals surface area contributed by atoms with Crippen LogP contribution in [0.25, 0.3) is 11.4 Å². The number of likely N-dealkylation sites (tertiary alicyclic amines) is 1. The maximum absolute atomic E-state index is 5.40. The predicted molar refractivity (Wildman–Crippen MR) is 84.4 cm³/mol. The van der Waals surface area contributed by atoms with E-state index in [4.69, 9.17) is 9.26 Å². The molecule has 1 fully saturated rings. The fourth-order valence-corrected chi connectivity index (χ4v) is 2.82. The van der Waals surface area contributed by atoms with Crippen molar-refractivity contribution in [3.05, 3.63) is 35.7 Å². The molecule has 0 unspecified atom stereocenters. The van der Waals surface area contributed by atoms with Gasteiger partial charge in [0.05, 0.1) is 12.6 Å². The summed E-state index contributed by atoms with van der Waals surface area (Å²) in [5.74, 6) is 1.36. The zero-order valence-corrected chi connectivity index (χ0v) is 13.3. The fourth-order valence-electron chi connectivity index (χ4n) is 2.82. The topological polar surface area (TPSA) is 51.4 Å². The molecule has 0 saturated carbocycles. The van der Waals surface area contributed by atoms with Crippen LogP contribution >= 0.6 is 0 Å². The maximum Gasteiger partial charge on any atom is 0.241 e. The Hall–Kier alpha value is -1.72. The summed E-state index contributed by atoms with van der Waals surface area (Å²) in [6.07, 6.45) is 3.56. The van der Waals surface area contributed by atoms with Crippen LogP contribution in [0.4, 0.5) is 0 Å². The normalized spacial score (nSPS) is 17.0. The van der Waals surface area contributed by atoms with Crippen LogP contribution in [-0.4, -0.2) is 41.3 Å². The first-order valence-electron chi connectivity index (χ1n) is 7.95. The molecule has 1 aliphatic rings. The van der Waals surface area contributed by atoms with Gasteiger partial charge in [-0.25, -0.2) is 0 Å². The minimum absolute atomic E-state index is 0.395. The summed E-state index contributed by atoms with van der Waals surface area (Å²) in [6, 6.07) is 8.33. The summed E-state index contributed by atoms with van der Waals surface area (Å²) in [7, 11) is 1.79. The van der Waals surface area contributed by atoms with Crippen molar-refractivity contribution in [3.63, 3.8) is 0 Å². The third kappa shape index (κ3) is 3.54. The molecular weight excluding hydrogens is 278 g/mol. The molecule has 5 heteroatoms. The van der Waals surface area contributed by atoms with E-state index in [1.165, 1.54) is 5.56 Å². The Labute approximate surface area is 131 Å². The second-order valence-corrected chi connectivity index (χ2v) is 5.77. The lowest BCUT2D eigenvalue weighted by atomic mass is 10.1. The molecule has 0 bridgehead atoms. The van der Waals surface area contributed by atoms with Gasteiger partial charge in [-0.3, -0.25) is 4.90 Å². The van der Waals surface area contributed by atoms with Gasteiger partial charge in [0.2, 0.25) is 11.7 Å². The number of ether oxygens (including phenoxy) is 1. The van der Waals surface area contributed by atoms with Crippen molar-refractivity contribution in [2.75, 3.05) is 20.2 Å². The molecule has 0 spiro atoms. The summed E-state index contributed by atoms with van der Waals surface area (Å²) >= 11 is 0. The first kappa shape index (κ1) is 15.2. The van der Waals surface area contributed by atoms with Gasteiger partial charge in [0.15, 0.2) is 0 Å². The summed E-state index contributed by atoms with van der Waals surface area (Å²) in [6.45, 7) is 4.90. The highest BCUT2D eigenvalue weighted by molar-refractivity contribution is 5.54. The number of benzene rings is 1. The first-order valence-corrected chi connectivity index (χ1v) is 7.95. The molecule has 5 nitrogen and oxygen atoms in total. The van der Waals surface area contributed by atoms with Gasteiger partial charge in [0.25, 0.3) is 0 Å². The molecule has 1 aromatic heterocycles. The van der Waals surface area contributed by atoms with Crippen LogP contribution in [-0.2, 0) is 17.7 Å². The van der Waals surface area contributed by atoms with Crippen LogP contribution in [0.1, 0.15) is 31.2 Å². The Bertz CT molecular complexity index is 586. The van der Waals surface area contributed by atoms with Crippen molar-refractivity contribution in [1.29, 1.82) is 0 Å². The van der Waals surface area contributed by atoms with E-state index in [0.717, 1.165) is 44.5 Å². The van der Waals surface area contributed by atoms with Crippen molar-refractivity contribution in [3.8, 4) is 11.4 Å². The lowest BCUT2D eigenvalue weighted by Gasteiger charge is -2.29. The zero-order valence-electron chi connectivity index (χ0n) is 13.3. The van der Waals surface area contributed by atoms with E-state index in [-0.39, 0.29) is 0 Å². The maximum atomic E-state index is 5.40. The molecule has 22 heavy (non-hydrogen) atoms. The Morgan fingerprint density at radius 3 is 2.59 bits per heavy atom. The van der Waals surface area contributed by atoms with Crippen molar-refractivity contribution >= 4 is 0 Å². The Morgan fingerprint density at radius 1 is 1.23 bits per heavy atom. The number of hydrogen-bond acceptors (Lipinski definition) is 5. The first-order chi connectivity index (χ1) is 10.8. The number of rotatable bonds is 5. The predicted octanol–water partition coefficient (Wildman–Crippen LogP) is 2.91. The SMILES string of the molecule is CCc1ccc(-c2noc(CN3CCC(OC)CC3)n2)cc1. The van der Waals surface area contributed by atoms with Gasteiger partial charge in [-0.1, -0.05) is 36.3 Å². The lowest BCUT2D eigenvalue weighted by Crippen LogP contribution is -2.36. The monoisotopic (exact) mass is 301 g/mol. The highest BCUT2D eigenvalue weighted by Gasteiger charge is 2.20. The molecule has 1 aromatic carbocycles. The third-order valence-corrected chi connectivity index (χ3v) is 4.32. The molecule has 0 N–H and O–H groups in total. The number of aromatic nitrogens is 2.